The molecule has 2 rings (SSSR count). The van der Waals surface area contributed by atoms with Gasteiger partial charge in [-0.25, -0.2) is 4.79 Å². The molecule has 0 aliphatic rings. The Labute approximate surface area is 113 Å². The molecule has 3 nitrogen and oxygen atoms in total. The van der Waals surface area contributed by atoms with Crippen LogP contribution in [-0.4, -0.2) is 16.6 Å². The maximum Gasteiger partial charge on any atom is 0.339 e. The second-order valence-corrected chi connectivity index (χ2v) is 5.21. The van der Waals surface area contributed by atoms with Gasteiger partial charge >= 0.3 is 5.97 Å². The van der Waals surface area contributed by atoms with E-state index in [1.807, 2.05) is 51.1 Å². The van der Waals surface area contributed by atoms with Gasteiger partial charge in [-0.3, -0.25) is 4.98 Å². The second kappa shape index (κ2) is 5.22. The van der Waals surface area contributed by atoms with Crippen molar-refractivity contribution >= 4 is 5.97 Å². The van der Waals surface area contributed by atoms with Gasteiger partial charge in [0.25, 0.3) is 0 Å². The van der Waals surface area contributed by atoms with Crippen molar-refractivity contribution in [3.8, 4) is 11.1 Å². The summed E-state index contributed by atoms with van der Waals surface area (Å²) in [5, 5.41) is 0. The molecule has 0 saturated heterocycles. The summed E-state index contributed by atoms with van der Waals surface area (Å²) >= 11 is 0. The van der Waals surface area contributed by atoms with Crippen LogP contribution in [-0.2, 0) is 4.74 Å². The number of carbonyl (C=O) groups excluding carboxylic acids is 1. The first-order valence-corrected chi connectivity index (χ1v) is 6.13. The maximum atomic E-state index is 12.2. The van der Waals surface area contributed by atoms with Crippen LogP contribution < -0.4 is 0 Å². The van der Waals surface area contributed by atoms with Crippen LogP contribution in [0.2, 0.25) is 0 Å². The van der Waals surface area contributed by atoms with Gasteiger partial charge < -0.3 is 4.74 Å². The highest BCUT2D eigenvalue weighted by molar-refractivity contribution is 5.97. The van der Waals surface area contributed by atoms with Crippen molar-refractivity contribution in [1.29, 1.82) is 0 Å². The molecule has 1 radical (unpaired) electrons. The molecule has 19 heavy (non-hydrogen) atoms. The molecule has 0 saturated carbocycles. The predicted octanol–water partition coefficient (Wildman–Crippen LogP) is 3.50. The largest absolute Gasteiger partial charge is 0.456 e. The number of hydrogen-bond acceptors (Lipinski definition) is 3. The van der Waals surface area contributed by atoms with Crippen LogP contribution in [0.5, 0.6) is 0 Å². The van der Waals surface area contributed by atoms with Gasteiger partial charge in [0.15, 0.2) is 0 Å². The monoisotopic (exact) mass is 254 g/mol. The summed E-state index contributed by atoms with van der Waals surface area (Å²) in [7, 11) is 0. The molecule has 97 valence electrons. The fraction of sp³-hybridized carbons (Fsp3) is 0.250. The van der Waals surface area contributed by atoms with Crippen molar-refractivity contribution in [3.63, 3.8) is 0 Å². The lowest BCUT2D eigenvalue weighted by Crippen LogP contribution is -2.24. The normalized spacial score (nSPS) is 11.1. The average molecular weight is 254 g/mol. The van der Waals surface area contributed by atoms with Crippen LogP contribution >= 0.6 is 0 Å². The van der Waals surface area contributed by atoms with E-state index in [-0.39, 0.29) is 5.97 Å². The molecule has 0 spiro atoms. The molecule has 0 amide bonds. The molecule has 0 fully saturated rings. The van der Waals surface area contributed by atoms with E-state index in [9.17, 15) is 4.79 Å². The maximum absolute atomic E-state index is 12.2. The van der Waals surface area contributed by atoms with Gasteiger partial charge in [-0.1, -0.05) is 24.3 Å². The van der Waals surface area contributed by atoms with Crippen molar-refractivity contribution in [2.24, 2.45) is 0 Å². The van der Waals surface area contributed by atoms with E-state index in [0.717, 1.165) is 11.1 Å². The highest BCUT2D eigenvalue weighted by Gasteiger charge is 2.20. The van der Waals surface area contributed by atoms with E-state index in [4.69, 9.17) is 4.74 Å². The number of benzene rings is 1. The highest BCUT2D eigenvalue weighted by Crippen LogP contribution is 2.24. The Hall–Kier alpha value is -2.16. The van der Waals surface area contributed by atoms with Gasteiger partial charge in [0.05, 0.1) is 11.8 Å². The lowest BCUT2D eigenvalue weighted by molar-refractivity contribution is 0.00705. The molecule has 0 unspecified atom stereocenters. The number of esters is 1. The minimum atomic E-state index is -0.511. The van der Waals surface area contributed by atoms with E-state index >= 15 is 0 Å². The van der Waals surface area contributed by atoms with Crippen LogP contribution in [0.15, 0.2) is 42.6 Å². The van der Waals surface area contributed by atoms with Crippen LogP contribution in [0.4, 0.5) is 0 Å². The molecule has 1 aromatic carbocycles. The van der Waals surface area contributed by atoms with Crippen LogP contribution in [0.1, 0.15) is 31.1 Å². The molecule has 1 aromatic heterocycles. The second-order valence-electron chi connectivity index (χ2n) is 5.21. The van der Waals surface area contributed by atoms with Crippen LogP contribution in [0, 0.1) is 6.20 Å². The smallest absolute Gasteiger partial charge is 0.339 e. The zero-order valence-corrected chi connectivity index (χ0v) is 11.3. The zero-order valence-electron chi connectivity index (χ0n) is 11.3. The van der Waals surface area contributed by atoms with Crippen molar-refractivity contribution in [1.82, 2.24) is 4.98 Å². The number of aromatic nitrogens is 1. The van der Waals surface area contributed by atoms with E-state index in [0.29, 0.717) is 5.56 Å². The standard InChI is InChI=1S/C16H16NO2/c1-16(2,3)19-15(18)14-9-5-4-8-13(14)12-7-6-10-17-11-12/h4-10H,1-3H3. The first kappa shape index (κ1) is 13.3. The zero-order chi connectivity index (χ0) is 13.9. The molecule has 2 aromatic rings. The summed E-state index contributed by atoms with van der Waals surface area (Å²) in [5.74, 6) is -0.333. The molecule has 0 atom stereocenters. The van der Waals surface area contributed by atoms with Crippen molar-refractivity contribution in [2.75, 3.05) is 0 Å². The molecular weight excluding hydrogens is 238 g/mol. The van der Waals surface area contributed by atoms with Gasteiger partial charge in [0, 0.05) is 11.8 Å². The summed E-state index contributed by atoms with van der Waals surface area (Å²) in [5.41, 5.74) is 1.58. The van der Waals surface area contributed by atoms with E-state index in [1.54, 1.807) is 12.3 Å². The summed E-state index contributed by atoms with van der Waals surface area (Å²) in [6.45, 7) is 5.55. The third-order valence-electron chi connectivity index (χ3n) is 2.44. The van der Waals surface area contributed by atoms with Gasteiger partial charge in [0.1, 0.15) is 5.60 Å². The molecule has 0 N–H and O–H groups in total. The molecule has 0 bridgehead atoms. The lowest BCUT2D eigenvalue weighted by Gasteiger charge is -2.20. The van der Waals surface area contributed by atoms with Crippen molar-refractivity contribution in [3.05, 3.63) is 54.4 Å². The average Bonchev–Trinajstić information content (AvgIpc) is 2.38. The van der Waals surface area contributed by atoms with Gasteiger partial charge in [-0.05, 0) is 38.5 Å². The fourth-order valence-corrected chi connectivity index (χ4v) is 1.71. The minimum Gasteiger partial charge on any atom is -0.456 e. The van der Waals surface area contributed by atoms with Gasteiger partial charge in [-0.15, -0.1) is 0 Å². The van der Waals surface area contributed by atoms with E-state index < -0.39 is 5.60 Å². The Morgan fingerprint density at radius 1 is 1.16 bits per heavy atom. The number of rotatable bonds is 2. The third kappa shape index (κ3) is 3.41. The number of hydrogen-bond donors (Lipinski definition) is 0. The number of carbonyl (C=O) groups is 1. The number of nitrogens with zero attached hydrogens (tertiary/aromatic N) is 1. The fourth-order valence-electron chi connectivity index (χ4n) is 1.71. The van der Waals surface area contributed by atoms with E-state index in [2.05, 4.69) is 11.2 Å². The Morgan fingerprint density at radius 2 is 1.89 bits per heavy atom. The van der Waals surface area contributed by atoms with Crippen molar-refractivity contribution < 1.29 is 9.53 Å². The molecule has 0 aliphatic heterocycles. The summed E-state index contributed by atoms with van der Waals surface area (Å²) in [6.07, 6.45) is 4.54. The third-order valence-corrected chi connectivity index (χ3v) is 2.44. The summed E-state index contributed by atoms with van der Waals surface area (Å²) < 4.78 is 5.41. The Balaban J connectivity index is 2.40. The molecule has 1 heterocycles. The first-order chi connectivity index (χ1) is 8.97. The first-order valence-electron chi connectivity index (χ1n) is 6.13. The predicted molar refractivity (Wildman–Crippen MR) is 73.7 cm³/mol. The Bertz CT molecular complexity index is 571. The topological polar surface area (TPSA) is 39.2 Å². The SMILES string of the molecule is CC(C)(C)OC(=O)c1ccccc1-c1[c]nccc1. The van der Waals surface area contributed by atoms with Gasteiger partial charge in [0.2, 0.25) is 0 Å². The number of ether oxygens (including phenoxy) is 1. The van der Waals surface area contributed by atoms with Crippen LogP contribution in [0.25, 0.3) is 11.1 Å². The lowest BCUT2D eigenvalue weighted by atomic mass is 10.0. The summed E-state index contributed by atoms with van der Waals surface area (Å²) in [4.78, 5) is 16.2. The molecule has 0 aliphatic carbocycles. The van der Waals surface area contributed by atoms with Crippen molar-refractivity contribution in [2.45, 2.75) is 26.4 Å². The summed E-state index contributed by atoms with van der Waals surface area (Å²) in [6, 6.07) is 11.0. The quantitative estimate of drug-likeness (QED) is 0.770. The Kier molecular flexibility index (Phi) is 3.65. The minimum absolute atomic E-state index is 0.333. The van der Waals surface area contributed by atoms with E-state index in [1.165, 1.54) is 0 Å². The molecule has 3 heteroatoms. The highest BCUT2D eigenvalue weighted by atomic mass is 16.6. The van der Waals surface area contributed by atoms with Gasteiger partial charge in [-0.2, -0.15) is 0 Å². The Morgan fingerprint density at radius 3 is 2.53 bits per heavy atom. The number of pyridine rings is 1. The van der Waals surface area contributed by atoms with Crippen LogP contribution in [0.3, 0.4) is 0 Å². The molecular formula is C16H16NO2.